The monoisotopic (exact) mass is 961 g/mol. The SMILES string of the molecule is CC12C=CC=CC1c1ccccc1C21c2ccccc2N(c2ccc(-c3ccccc3)cc2)c2cc(N(c3ccccc3)c3ccc4oc5cc(N(c6ccc(F)cc6)C6C=CC(F)=CC6)ccc5c4c3)ccc21. The first-order chi connectivity index (χ1) is 36.4. The summed E-state index contributed by atoms with van der Waals surface area (Å²) in [6, 6.07) is 74.4. The van der Waals surface area contributed by atoms with Crippen molar-refractivity contribution in [3.05, 3.63) is 289 Å². The van der Waals surface area contributed by atoms with Gasteiger partial charge >= 0.3 is 0 Å². The number of hydrogen-bond acceptors (Lipinski definition) is 4. The molecule has 9 aromatic carbocycles. The largest absolute Gasteiger partial charge is 0.456 e. The highest BCUT2D eigenvalue weighted by molar-refractivity contribution is 6.08. The van der Waals surface area contributed by atoms with Crippen molar-refractivity contribution in [2.24, 2.45) is 5.41 Å². The molecule has 0 saturated heterocycles. The van der Waals surface area contributed by atoms with Crippen LogP contribution in [0.4, 0.5) is 54.3 Å². The van der Waals surface area contributed by atoms with Gasteiger partial charge in [0, 0.05) is 62.3 Å². The van der Waals surface area contributed by atoms with E-state index >= 15 is 0 Å². The predicted molar refractivity (Wildman–Crippen MR) is 299 cm³/mol. The molecule has 4 atom stereocenters. The zero-order valence-corrected chi connectivity index (χ0v) is 40.6. The number of fused-ring (bicyclic) bond motifs is 12. The van der Waals surface area contributed by atoms with Crippen LogP contribution in [0.3, 0.4) is 0 Å². The standard InChI is InChI=1S/C68H49F2N3O/c1-67-41-13-12-19-59(67)57-18-8-9-20-60(57)68(67)61-21-10-11-22-63(61)73(52-29-23-46(24-30-52)45-14-4-2-5-15-45)64-43-54(36-39-62(64)68)72(49-16-6-3-7-17-49)53-37-40-65-58(42-53)56-38-35-55(44-66(56)74-65)71(50-31-25-47(69)26-32-50)51-33-27-48(70)28-34-51/h2-33,35-44,51,59H,34H2,1H3. The Balaban J connectivity index is 0.952. The minimum Gasteiger partial charge on any atom is -0.456 e. The lowest BCUT2D eigenvalue weighted by atomic mass is 9.53. The molecular formula is C68H49F2N3O. The maximum Gasteiger partial charge on any atom is 0.137 e. The second kappa shape index (κ2) is 17.1. The average molecular weight is 962 g/mol. The summed E-state index contributed by atoms with van der Waals surface area (Å²) in [4.78, 5) is 6.94. The average Bonchev–Trinajstić information content (AvgIpc) is 4.14. The van der Waals surface area contributed by atoms with E-state index < -0.39 is 5.41 Å². The van der Waals surface area contributed by atoms with E-state index in [9.17, 15) is 8.78 Å². The van der Waals surface area contributed by atoms with Gasteiger partial charge in [-0.05, 0) is 149 Å². The fourth-order valence-corrected chi connectivity index (χ4v) is 12.9. The van der Waals surface area contributed by atoms with Crippen LogP contribution < -0.4 is 14.7 Å². The lowest BCUT2D eigenvalue weighted by Gasteiger charge is -2.52. The molecule has 1 spiro atoms. The van der Waals surface area contributed by atoms with E-state index in [1.54, 1.807) is 18.2 Å². The van der Waals surface area contributed by atoms with Crippen LogP contribution in [0, 0.1) is 11.2 Å². The van der Waals surface area contributed by atoms with Gasteiger partial charge in [-0.2, -0.15) is 0 Å². The third kappa shape index (κ3) is 6.64. The molecule has 0 N–H and O–H groups in total. The summed E-state index contributed by atoms with van der Waals surface area (Å²) < 4.78 is 35.1. The molecule has 0 bridgehead atoms. The molecule has 0 amide bonds. The van der Waals surface area contributed by atoms with Crippen LogP contribution in [-0.2, 0) is 5.41 Å². The van der Waals surface area contributed by atoms with Crippen molar-refractivity contribution in [1.29, 1.82) is 0 Å². The predicted octanol–water partition coefficient (Wildman–Crippen LogP) is 18.5. The van der Waals surface area contributed by atoms with E-state index in [4.69, 9.17) is 4.42 Å². The van der Waals surface area contributed by atoms with Crippen molar-refractivity contribution in [2.75, 3.05) is 14.7 Å². The molecule has 6 heteroatoms. The Morgan fingerprint density at radius 2 is 1.20 bits per heavy atom. The van der Waals surface area contributed by atoms with Crippen LogP contribution >= 0.6 is 0 Å². The van der Waals surface area contributed by atoms with Crippen molar-refractivity contribution >= 4 is 67.4 Å². The number of anilines is 8. The molecule has 1 aliphatic heterocycles. The van der Waals surface area contributed by atoms with Gasteiger partial charge in [-0.25, -0.2) is 8.78 Å². The summed E-state index contributed by atoms with van der Waals surface area (Å²) in [6.45, 7) is 2.46. The fourth-order valence-electron chi connectivity index (χ4n) is 12.9. The Kier molecular flexibility index (Phi) is 10.1. The number of benzene rings is 9. The molecule has 0 saturated carbocycles. The van der Waals surface area contributed by atoms with Gasteiger partial charge in [-0.15, -0.1) is 0 Å². The number of allylic oxidation sites excluding steroid dienone is 6. The van der Waals surface area contributed by atoms with Gasteiger partial charge in [0.2, 0.25) is 0 Å². The van der Waals surface area contributed by atoms with Crippen molar-refractivity contribution in [1.82, 2.24) is 0 Å². The number of nitrogens with zero attached hydrogens (tertiary/aromatic N) is 3. The van der Waals surface area contributed by atoms with E-state index in [1.165, 1.54) is 51.6 Å². The third-order valence-electron chi connectivity index (χ3n) is 16.1. The molecule has 14 rings (SSSR count). The van der Waals surface area contributed by atoms with Crippen molar-refractivity contribution in [2.45, 2.75) is 30.7 Å². The first-order valence-corrected chi connectivity index (χ1v) is 25.4. The molecule has 0 fully saturated rings. The number of rotatable bonds is 8. The number of furan rings is 1. The molecule has 356 valence electrons. The zero-order chi connectivity index (χ0) is 49.5. The van der Waals surface area contributed by atoms with Crippen molar-refractivity contribution in [3.63, 3.8) is 0 Å². The Morgan fingerprint density at radius 1 is 0.527 bits per heavy atom. The lowest BCUT2D eigenvalue weighted by Crippen LogP contribution is -2.47. The van der Waals surface area contributed by atoms with E-state index in [0.29, 0.717) is 6.42 Å². The van der Waals surface area contributed by atoms with Crippen molar-refractivity contribution in [3.8, 4) is 11.1 Å². The summed E-state index contributed by atoms with van der Waals surface area (Å²) in [5.41, 5.74) is 16.2. The first-order valence-electron chi connectivity index (χ1n) is 25.4. The third-order valence-corrected chi connectivity index (χ3v) is 16.1. The van der Waals surface area contributed by atoms with Crippen LogP contribution in [0.25, 0.3) is 33.1 Å². The lowest BCUT2D eigenvalue weighted by molar-refractivity contribution is 0.287. The molecule has 3 aliphatic carbocycles. The Morgan fingerprint density at radius 3 is 2.00 bits per heavy atom. The summed E-state index contributed by atoms with van der Waals surface area (Å²) in [6.07, 6.45) is 14.8. The second-order valence-corrected chi connectivity index (χ2v) is 20.0. The van der Waals surface area contributed by atoms with Gasteiger partial charge in [-0.1, -0.05) is 146 Å². The number of para-hydroxylation sites is 2. The van der Waals surface area contributed by atoms with Gasteiger partial charge in [0.05, 0.1) is 22.8 Å². The molecule has 10 aromatic rings. The smallest absolute Gasteiger partial charge is 0.137 e. The maximum absolute atomic E-state index is 14.2. The first kappa shape index (κ1) is 43.8. The summed E-state index contributed by atoms with van der Waals surface area (Å²) in [7, 11) is 0. The normalized spacial score (nSPS) is 20.0. The molecule has 0 radical (unpaired) electrons. The van der Waals surface area contributed by atoms with Crippen LogP contribution in [0.2, 0.25) is 0 Å². The van der Waals surface area contributed by atoms with Crippen LogP contribution in [0.5, 0.6) is 0 Å². The number of hydrogen-bond donors (Lipinski definition) is 0. The summed E-state index contributed by atoms with van der Waals surface area (Å²) >= 11 is 0. The summed E-state index contributed by atoms with van der Waals surface area (Å²) in [5, 5.41) is 1.94. The summed E-state index contributed by atoms with van der Waals surface area (Å²) in [5.74, 6) is -0.402. The Bertz CT molecular complexity index is 3950. The van der Waals surface area contributed by atoms with Crippen LogP contribution in [-0.4, -0.2) is 6.04 Å². The highest BCUT2D eigenvalue weighted by Crippen LogP contribution is 2.71. The van der Waals surface area contributed by atoms with Gasteiger partial charge < -0.3 is 19.1 Å². The molecular weight excluding hydrogens is 913 g/mol. The van der Waals surface area contributed by atoms with E-state index in [1.807, 2.05) is 12.1 Å². The van der Waals surface area contributed by atoms with Gasteiger partial charge in [-0.3, -0.25) is 0 Å². The quantitative estimate of drug-likeness (QED) is 0.151. The second-order valence-electron chi connectivity index (χ2n) is 20.0. The van der Waals surface area contributed by atoms with Gasteiger partial charge in [0.25, 0.3) is 0 Å². The zero-order valence-electron chi connectivity index (χ0n) is 40.6. The molecule has 4 aliphatic rings. The van der Waals surface area contributed by atoms with Crippen LogP contribution in [0.1, 0.15) is 41.5 Å². The van der Waals surface area contributed by atoms with E-state index in [0.717, 1.165) is 67.4 Å². The van der Waals surface area contributed by atoms with E-state index in [-0.39, 0.29) is 29.0 Å². The highest BCUT2D eigenvalue weighted by atomic mass is 19.1. The number of halogens is 2. The van der Waals surface area contributed by atoms with Crippen LogP contribution in [0.15, 0.2) is 265 Å². The highest BCUT2D eigenvalue weighted by Gasteiger charge is 2.63. The Hall–Kier alpha value is -9.00. The fraction of sp³-hybridized carbons (Fsp3) is 0.0882. The van der Waals surface area contributed by atoms with Gasteiger partial charge in [0.1, 0.15) is 22.8 Å². The molecule has 2 heterocycles. The maximum atomic E-state index is 14.2. The molecule has 4 nitrogen and oxygen atoms in total. The molecule has 1 aromatic heterocycles. The minimum absolute atomic E-state index is 0.172. The Labute approximate surface area is 429 Å². The molecule has 74 heavy (non-hydrogen) atoms. The van der Waals surface area contributed by atoms with E-state index in [2.05, 4.69) is 228 Å². The topological polar surface area (TPSA) is 22.9 Å². The molecule has 4 unspecified atom stereocenters. The van der Waals surface area contributed by atoms with Crippen molar-refractivity contribution < 1.29 is 13.2 Å². The van der Waals surface area contributed by atoms with Gasteiger partial charge in [0.15, 0.2) is 0 Å². The minimum atomic E-state index is -0.530.